The quantitative estimate of drug-likeness (QED) is 0.588. The van der Waals surface area contributed by atoms with Crippen LogP contribution in [0.15, 0.2) is 22.7 Å². The molecule has 32 heavy (non-hydrogen) atoms. The predicted octanol–water partition coefficient (Wildman–Crippen LogP) is 5.15. The summed E-state index contributed by atoms with van der Waals surface area (Å²) in [5.41, 5.74) is 1.88. The molecule has 1 N–H and O–H groups in total. The van der Waals surface area contributed by atoms with E-state index in [1.165, 1.54) is 25.8 Å². The van der Waals surface area contributed by atoms with Gasteiger partial charge in [0.2, 0.25) is 5.91 Å². The van der Waals surface area contributed by atoms with Gasteiger partial charge in [0.05, 0.1) is 18.2 Å². The molecule has 4 rings (SSSR count). The third-order valence-electron chi connectivity index (χ3n) is 7.38. The topological polar surface area (TPSA) is 67.6 Å². The fraction of sp³-hybridized carbons (Fsp3) is 0.680. The number of amides is 1. The van der Waals surface area contributed by atoms with E-state index >= 15 is 0 Å². The fourth-order valence-electron chi connectivity index (χ4n) is 5.25. The van der Waals surface area contributed by atoms with E-state index in [9.17, 15) is 4.79 Å². The highest BCUT2D eigenvalue weighted by molar-refractivity contribution is 6.31. The van der Waals surface area contributed by atoms with Gasteiger partial charge in [-0.1, -0.05) is 16.8 Å². The maximum atomic E-state index is 12.1. The minimum atomic E-state index is -0.0167. The van der Waals surface area contributed by atoms with Crippen LogP contribution in [0.2, 0.25) is 5.02 Å². The van der Waals surface area contributed by atoms with Crippen molar-refractivity contribution < 1.29 is 14.1 Å². The number of carbonyl (C=O) groups excluding carboxylic acids is 1. The Hall–Kier alpha value is -1.63. The minimum Gasteiger partial charge on any atom is -0.381 e. The van der Waals surface area contributed by atoms with Crippen LogP contribution < -0.4 is 5.32 Å². The lowest BCUT2D eigenvalue weighted by atomic mass is 9.83. The second-order valence-electron chi connectivity index (χ2n) is 9.65. The first kappa shape index (κ1) is 23.5. The van der Waals surface area contributed by atoms with Gasteiger partial charge in [0.15, 0.2) is 5.58 Å². The number of aromatic nitrogens is 1. The van der Waals surface area contributed by atoms with Gasteiger partial charge in [-0.25, -0.2) is 0 Å². The summed E-state index contributed by atoms with van der Waals surface area (Å²) in [6, 6.07) is 6.14. The zero-order valence-corrected chi connectivity index (χ0v) is 20.1. The molecule has 176 valence electrons. The number of carbonyl (C=O) groups is 1. The molecular weight excluding hydrogens is 426 g/mol. The first-order chi connectivity index (χ1) is 15.5. The Morgan fingerprint density at radius 2 is 2.00 bits per heavy atom. The van der Waals surface area contributed by atoms with Crippen LogP contribution in [0.5, 0.6) is 0 Å². The average Bonchev–Trinajstić information content (AvgIpc) is 3.21. The first-order valence-corrected chi connectivity index (χ1v) is 12.5. The highest BCUT2D eigenvalue weighted by atomic mass is 35.5. The molecule has 2 heterocycles. The van der Waals surface area contributed by atoms with Crippen LogP contribution >= 0.6 is 11.6 Å². The van der Waals surface area contributed by atoms with Gasteiger partial charge in [0.25, 0.3) is 0 Å². The second kappa shape index (κ2) is 11.0. The van der Waals surface area contributed by atoms with Crippen LogP contribution in [0.4, 0.5) is 0 Å². The van der Waals surface area contributed by atoms with Crippen LogP contribution in [-0.2, 0) is 9.53 Å². The van der Waals surface area contributed by atoms with Crippen molar-refractivity contribution in [1.29, 1.82) is 0 Å². The molecule has 1 aromatic heterocycles. The van der Waals surface area contributed by atoms with E-state index in [0.717, 1.165) is 61.4 Å². The van der Waals surface area contributed by atoms with Gasteiger partial charge >= 0.3 is 0 Å². The van der Waals surface area contributed by atoms with Crippen molar-refractivity contribution in [3.05, 3.63) is 28.9 Å². The van der Waals surface area contributed by atoms with Gasteiger partial charge < -0.3 is 19.5 Å². The lowest BCUT2D eigenvalue weighted by molar-refractivity contribution is -0.124. The number of nitrogens with zero attached hydrogens (tertiary/aromatic N) is 2. The molecule has 2 fully saturated rings. The van der Waals surface area contributed by atoms with E-state index in [1.54, 1.807) is 7.11 Å². The molecule has 0 spiro atoms. The minimum absolute atomic E-state index is 0.0167. The highest BCUT2D eigenvalue weighted by Gasteiger charge is 2.27. The monoisotopic (exact) mass is 461 g/mol. The van der Waals surface area contributed by atoms with E-state index in [-0.39, 0.29) is 12.0 Å². The summed E-state index contributed by atoms with van der Waals surface area (Å²) < 4.78 is 10.7. The maximum Gasteiger partial charge on any atom is 0.222 e. The van der Waals surface area contributed by atoms with E-state index in [4.69, 9.17) is 20.9 Å². The molecule has 2 aromatic rings. The number of hydrogen-bond acceptors (Lipinski definition) is 5. The zero-order valence-electron chi connectivity index (χ0n) is 19.3. The van der Waals surface area contributed by atoms with Gasteiger partial charge in [0, 0.05) is 35.5 Å². The second-order valence-corrected chi connectivity index (χ2v) is 10.1. The van der Waals surface area contributed by atoms with Gasteiger partial charge in [-0.15, -0.1) is 0 Å². The molecule has 1 atom stereocenters. The molecule has 1 aromatic carbocycles. The average molecular weight is 462 g/mol. The fourth-order valence-corrected chi connectivity index (χ4v) is 5.41. The number of piperidine rings is 1. The van der Waals surface area contributed by atoms with Crippen molar-refractivity contribution in [3.8, 4) is 0 Å². The van der Waals surface area contributed by atoms with Crippen molar-refractivity contribution in [1.82, 2.24) is 15.4 Å². The number of halogens is 1. The van der Waals surface area contributed by atoms with Crippen molar-refractivity contribution in [3.63, 3.8) is 0 Å². The van der Waals surface area contributed by atoms with Crippen molar-refractivity contribution >= 4 is 28.5 Å². The third kappa shape index (κ3) is 6.03. The number of methoxy groups -OCH3 is 1. The van der Waals surface area contributed by atoms with Crippen molar-refractivity contribution in [2.24, 2.45) is 5.92 Å². The maximum absolute atomic E-state index is 12.1. The molecule has 1 saturated carbocycles. The third-order valence-corrected chi connectivity index (χ3v) is 7.61. The molecule has 1 aliphatic heterocycles. The Labute approximate surface area is 196 Å². The number of ether oxygens (including phenoxy) is 1. The van der Waals surface area contributed by atoms with Gasteiger partial charge in [0.1, 0.15) is 0 Å². The van der Waals surface area contributed by atoms with Crippen LogP contribution in [0, 0.1) is 5.92 Å². The van der Waals surface area contributed by atoms with Crippen LogP contribution in [0.1, 0.15) is 69.9 Å². The molecule has 0 radical (unpaired) electrons. The molecule has 1 aliphatic carbocycles. The van der Waals surface area contributed by atoms with Crippen LogP contribution in [0.3, 0.4) is 0 Å². The number of rotatable bonds is 8. The molecule has 1 amide bonds. The van der Waals surface area contributed by atoms with E-state index in [1.807, 2.05) is 25.1 Å². The smallest absolute Gasteiger partial charge is 0.222 e. The number of nitrogens with one attached hydrogen (secondary N) is 1. The van der Waals surface area contributed by atoms with Crippen LogP contribution in [-0.4, -0.2) is 54.9 Å². The summed E-state index contributed by atoms with van der Waals surface area (Å²) in [5.74, 6) is 1.37. The summed E-state index contributed by atoms with van der Waals surface area (Å²) in [7, 11) is 1.65. The van der Waals surface area contributed by atoms with Gasteiger partial charge in [-0.2, -0.15) is 0 Å². The van der Waals surface area contributed by atoms with E-state index < -0.39 is 0 Å². The Morgan fingerprint density at radius 1 is 1.25 bits per heavy atom. The molecule has 7 heteroatoms. The molecule has 1 saturated heterocycles. The van der Waals surface area contributed by atoms with Gasteiger partial charge in [-0.05, 0) is 89.6 Å². The summed E-state index contributed by atoms with van der Waals surface area (Å²) in [4.78, 5) is 14.7. The summed E-state index contributed by atoms with van der Waals surface area (Å²) in [6.45, 7) is 5.35. The lowest BCUT2D eigenvalue weighted by Gasteiger charge is -2.34. The molecule has 6 nitrogen and oxygen atoms in total. The first-order valence-electron chi connectivity index (χ1n) is 12.1. The molecule has 0 unspecified atom stereocenters. The largest absolute Gasteiger partial charge is 0.381 e. The van der Waals surface area contributed by atoms with E-state index in [2.05, 4.69) is 15.4 Å². The highest BCUT2D eigenvalue weighted by Crippen LogP contribution is 2.34. The predicted molar refractivity (Wildman–Crippen MR) is 127 cm³/mol. The number of fused-ring (bicyclic) bond motifs is 1. The summed E-state index contributed by atoms with van der Waals surface area (Å²) in [6.07, 6.45) is 8.58. The zero-order chi connectivity index (χ0) is 22.5. The number of hydrogen-bond donors (Lipinski definition) is 1. The lowest BCUT2D eigenvalue weighted by Crippen LogP contribution is -2.39. The SMILES string of the molecule is CO[C@H](C)CC(=O)NC1CCC(CCN2CCC(c3noc4cc(Cl)ccc34)CC2)CC1. The van der Waals surface area contributed by atoms with Crippen LogP contribution in [0.25, 0.3) is 11.0 Å². The normalized spacial score (nSPS) is 24.0. The number of likely N-dealkylation sites (tertiary alicyclic amines) is 1. The van der Waals surface area contributed by atoms with Gasteiger partial charge in [-0.3, -0.25) is 4.79 Å². The molecule has 2 aliphatic rings. The van der Waals surface area contributed by atoms with E-state index in [0.29, 0.717) is 23.4 Å². The summed E-state index contributed by atoms with van der Waals surface area (Å²) >= 11 is 6.07. The number of benzene rings is 1. The summed E-state index contributed by atoms with van der Waals surface area (Å²) in [5, 5.41) is 9.35. The molecular formula is C25H36ClN3O3. The Bertz CT molecular complexity index is 886. The van der Waals surface area contributed by atoms with Crippen molar-refractivity contribution in [2.45, 2.75) is 76.4 Å². The molecule has 0 bridgehead atoms. The Balaban J connectivity index is 1.16. The van der Waals surface area contributed by atoms with Crippen molar-refractivity contribution in [2.75, 3.05) is 26.7 Å². The standard InChI is InChI=1S/C25H36ClN3O3/c1-17(31-2)15-24(30)27-21-6-3-18(4-7-21)9-12-29-13-10-19(11-14-29)25-22-8-5-20(26)16-23(22)32-28-25/h5,8,16-19,21H,3-4,6-7,9-15H2,1-2H3,(H,27,30)/t17-,18?,21?/m1/s1. The Kier molecular flexibility index (Phi) is 8.08. The Morgan fingerprint density at radius 3 is 2.72 bits per heavy atom.